The Balaban J connectivity index is 1.86. The molecule has 2 fully saturated rings. The molecule has 5 nitrogen and oxygen atoms in total. The van der Waals surface area contributed by atoms with Crippen molar-refractivity contribution in [1.82, 2.24) is 10.6 Å². The van der Waals surface area contributed by atoms with Crippen molar-refractivity contribution >= 4 is 11.9 Å². The Kier molecular flexibility index (Phi) is 3.27. The number of carbonyl (C=O) groups excluding carboxylic acids is 1. The second-order valence-corrected chi connectivity index (χ2v) is 5.32. The van der Waals surface area contributed by atoms with Gasteiger partial charge in [0.1, 0.15) is 11.3 Å². The Morgan fingerprint density at radius 1 is 1.43 bits per heavy atom. The van der Waals surface area contributed by atoms with Gasteiger partial charge in [0.2, 0.25) is 0 Å². The molecule has 2 N–H and O–H groups in total. The maximum atomic E-state index is 12.3. The summed E-state index contributed by atoms with van der Waals surface area (Å²) in [5.74, 6) is 0.187. The summed E-state index contributed by atoms with van der Waals surface area (Å²) < 4.78 is 28.9. The number of aliphatic imine (C=N–C) groups is 1. The lowest BCUT2D eigenvalue weighted by atomic mass is 9.92. The Hall–Kier alpha value is -2.18. The van der Waals surface area contributed by atoms with Crippen LogP contribution in [0, 0.1) is 0 Å². The first kappa shape index (κ1) is 13.8. The second-order valence-electron chi connectivity index (χ2n) is 5.32. The van der Waals surface area contributed by atoms with Crippen LogP contribution in [-0.4, -0.2) is 24.5 Å². The number of benzene rings is 1. The van der Waals surface area contributed by atoms with Gasteiger partial charge in [0.15, 0.2) is 5.96 Å². The summed E-state index contributed by atoms with van der Waals surface area (Å²) in [6, 6.07) is 6.38. The summed E-state index contributed by atoms with van der Waals surface area (Å²) in [5.41, 5.74) is -0.506. The molecule has 1 amide bonds. The van der Waals surface area contributed by atoms with Crippen LogP contribution in [0.5, 0.6) is 5.75 Å². The number of halogens is 2. The highest BCUT2D eigenvalue weighted by atomic mass is 19.3. The molecule has 0 aromatic heterocycles. The number of rotatable bonds is 4. The SMILES string of the molecule is CC1(c2cccc(OC(F)F)c2)NC(=NC2CC2)NC1=O. The van der Waals surface area contributed by atoms with Gasteiger partial charge in [0.05, 0.1) is 6.04 Å². The molecule has 1 unspecified atom stereocenters. The summed E-state index contributed by atoms with van der Waals surface area (Å²) in [5, 5.41) is 5.72. The number of ether oxygens (including phenoxy) is 1. The van der Waals surface area contributed by atoms with Gasteiger partial charge in [-0.3, -0.25) is 10.1 Å². The number of nitrogens with one attached hydrogen (secondary N) is 2. The van der Waals surface area contributed by atoms with E-state index in [9.17, 15) is 13.6 Å². The molecular formula is C14H15F2N3O2. The fourth-order valence-corrected chi connectivity index (χ4v) is 2.19. The van der Waals surface area contributed by atoms with Gasteiger partial charge in [0.25, 0.3) is 5.91 Å². The molecule has 1 atom stereocenters. The summed E-state index contributed by atoms with van der Waals surface area (Å²) in [4.78, 5) is 16.6. The van der Waals surface area contributed by atoms with Crippen molar-refractivity contribution in [2.45, 2.75) is 38.0 Å². The lowest BCUT2D eigenvalue weighted by molar-refractivity contribution is -0.123. The molecule has 7 heteroatoms. The number of alkyl halides is 2. The molecule has 0 bridgehead atoms. The van der Waals surface area contributed by atoms with E-state index in [1.165, 1.54) is 12.1 Å². The zero-order valence-electron chi connectivity index (χ0n) is 11.4. The van der Waals surface area contributed by atoms with E-state index in [1.807, 2.05) is 0 Å². The summed E-state index contributed by atoms with van der Waals surface area (Å²) in [6.45, 7) is -1.22. The third kappa shape index (κ3) is 2.81. The fourth-order valence-electron chi connectivity index (χ4n) is 2.19. The highest BCUT2D eigenvalue weighted by molar-refractivity contribution is 6.09. The molecule has 112 valence electrons. The van der Waals surface area contributed by atoms with E-state index in [0.29, 0.717) is 11.5 Å². The molecular weight excluding hydrogens is 280 g/mol. The van der Waals surface area contributed by atoms with Crippen LogP contribution < -0.4 is 15.4 Å². The smallest absolute Gasteiger partial charge is 0.387 e. The van der Waals surface area contributed by atoms with Crippen molar-refractivity contribution in [3.8, 4) is 5.75 Å². The molecule has 0 spiro atoms. The minimum atomic E-state index is -2.90. The van der Waals surface area contributed by atoms with Crippen LogP contribution in [0.1, 0.15) is 25.3 Å². The fraction of sp³-hybridized carbons (Fsp3) is 0.429. The monoisotopic (exact) mass is 295 g/mol. The maximum Gasteiger partial charge on any atom is 0.387 e. The molecule has 1 heterocycles. The van der Waals surface area contributed by atoms with Gasteiger partial charge in [0, 0.05) is 0 Å². The van der Waals surface area contributed by atoms with E-state index < -0.39 is 12.2 Å². The van der Waals surface area contributed by atoms with Gasteiger partial charge < -0.3 is 10.1 Å². The van der Waals surface area contributed by atoms with E-state index in [4.69, 9.17) is 0 Å². The number of hydrogen-bond acceptors (Lipinski definition) is 3. The molecule has 21 heavy (non-hydrogen) atoms. The number of amides is 1. The minimum absolute atomic E-state index is 0.0194. The van der Waals surface area contributed by atoms with Crippen LogP contribution >= 0.6 is 0 Å². The van der Waals surface area contributed by atoms with Crippen molar-refractivity contribution in [3.05, 3.63) is 29.8 Å². The van der Waals surface area contributed by atoms with Crippen molar-refractivity contribution in [1.29, 1.82) is 0 Å². The molecule has 1 aromatic carbocycles. The maximum absolute atomic E-state index is 12.3. The van der Waals surface area contributed by atoms with Gasteiger partial charge in [-0.1, -0.05) is 12.1 Å². The molecule has 0 radical (unpaired) electrons. The first-order valence-electron chi connectivity index (χ1n) is 6.70. The number of nitrogens with zero attached hydrogens (tertiary/aromatic N) is 1. The van der Waals surface area contributed by atoms with Crippen LogP contribution in [0.2, 0.25) is 0 Å². The second kappa shape index (κ2) is 4.98. The Bertz CT molecular complexity index is 602. The van der Waals surface area contributed by atoms with Crippen molar-refractivity contribution in [2.24, 2.45) is 4.99 Å². The Morgan fingerprint density at radius 2 is 2.19 bits per heavy atom. The van der Waals surface area contributed by atoms with Crippen LogP contribution in [0.25, 0.3) is 0 Å². The zero-order valence-corrected chi connectivity index (χ0v) is 11.4. The van der Waals surface area contributed by atoms with E-state index in [0.717, 1.165) is 12.8 Å². The van der Waals surface area contributed by atoms with Crippen molar-refractivity contribution in [2.75, 3.05) is 0 Å². The molecule has 1 saturated heterocycles. The molecule has 2 aliphatic rings. The topological polar surface area (TPSA) is 62.7 Å². The lowest BCUT2D eigenvalue weighted by Crippen LogP contribution is -2.40. The normalized spacial score (nSPS) is 26.9. The molecule has 1 aliphatic heterocycles. The van der Waals surface area contributed by atoms with Gasteiger partial charge >= 0.3 is 6.61 Å². The summed E-state index contributed by atoms with van der Waals surface area (Å²) >= 11 is 0. The zero-order chi connectivity index (χ0) is 15.0. The Morgan fingerprint density at radius 3 is 2.86 bits per heavy atom. The standard InChI is InChI=1S/C14H15F2N3O2/c1-14(8-3-2-4-10(7-8)21-12(15)16)11(20)18-13(19-14)17-9-5-6-9/h2-4,7,9,12H,5-6H2,1H3,(H2,17,18,19,20). The summed E-state index contributed by atoms with van der Waals surface area (Å²) in [7, 11) is 0. The first-order valence-corrected chi connectivity index (χ1v) is 6.70. The van der Waals surface area contributed by atoms with Crippen LogP contribution in [-0.2, 0) is 10.3 Å². The Labute approximate surface area is 120 Å². The number of hydrogen-bond donors (Lipinski definition) is 2. The molecule has 1 aromatic rings. The van der Waals surface area contributed by atoms with Gasteiger partial charge in [-0.2, -0.15) is 8.78 Å². The van der Waals surface area contributed by atoms with E-state index in [-0.39, 0.29) is 17.7 Å². The van der Waals surface area contributed by atoms with Crippen molar-refractivity contribution in [3.63, 3.8) is 0 Å². The predicted octanol–water partition coefficient (Wildman–Crippen LogP) is 1.74. The van der Waals surface area contributed by atoms with Crippen LogP contribution in [0.3, 0.4) is 0 Å². The molecule has 1 saturated carbocycles. The van der Waals surface area contributed by atoms with Gasteiger partial charge in [-0.05, 0) is 37.5 Å². The highest BCUT2D eigenvalue weighted by Gasteiger charge is 2.43. The van der Waals surface area contributed by atoms with Gasteiger partial charge in [-0.25, -0.2) is 4.99 Å². The summed E-state index contributed by atoms with van der Waals surface area (Å²) in [6.07, 6.45) is 2.05. The third-order valence-corrected chi connectivity index (χ3v) is 3.55. The number of carbonyl (C=O) groups is 1. The lowest BCUT2D eigenvalue weighted by Gasteiger charge is -2.22. The van der Waals surface area contributed by atoms with Crippen molar-refractivity contribution < 1.29 is 18.3 Å². The van der Waals surface area contributed by atoms with Gasteiger partial charge in [-0.15, -0.1) is 0 Å². The third-order valence-electron chi connectivity index (χ3n) is 3.55. The van der Waals surface area contributed by atoms with E-state index in [2.05, 4.69) is 20.4 Å². The number of guanidine groups is 1. The average molecular weight is 295 g/mol. The molecule has 1 aliphatic carbocycles. The minimum Gasteiger partial charge on any atom is -0.435 e. The first-order chi connectivity index (χ1) is 9.97. The van der Waals surface area contributed by atoms with E-state index >= 15 is 0 Å². The largest absolute Gasteiger partial charge is 0.435 e. The van der Waals surface area contributed by atoms with Crippen LogP contribution in [0.15, 0.2) is 29.3 Å². The quantitative estimate of drug-likeness (QED) is 0.889. The van der Waals surface area contributed by atoms with E-state index in [1.54, 1.807) is 19.1 Å². The van der Waals surface area contributed by atoms with Crippen LogP contribution in [0.4, 0.5) is 8.78 Å². The molecule has 3 rings (SSSR count). The average Bonchev–Trinajstić information content (AvgIpc) is 3.16. The highest BCUT2D eigenvalue weighted by Crippen LogP contribution is 2.29. The predicted molar refractivity (Wildman–Crippen MR) is 72.2 cm³/mol.